The van der Waals surface area contributed by atoms with Crippen molar-refractivity contribution in [1.82, 2.24) is 9.13 Å². The fourth-order valence-electron chi connectivity index (χ4n) is 3.10. The highest BCUT2D eigenvalue weighted by Gasteiger charge is 2.14. The van der Waals surface area contributed by atoms with Crippen molar-refractivity contribution in [2.45, 2.75) is 31.3 Å². The van der Waals surface area contributed by atoms with Crippen LogP contribution in [0.2, 0.25) is 0 Å². The van der Waals surface area contributed by atoms with Gasteiger partial charge in [-0.05, 0) is 36.6 Å². The first-order valence-corrected chi connectivity index (χ1v) is 10.1. The molecule has 27 heavy (non-hydrogen) atoms. The van der Waals surface area contributed by atoms with Gasteiger partial charge >= 0.3 is 5.69 Å². The Labute approximate surface area is 163 Å². The highest BCUT2D eigenvalue weighted by atomic mass is 32.2. The van der Waals surface area contributed by atoms with Gasteiger partial charge in [-0.1, -0.05) is 60.7 Å². The van der Waals surface area contributed by atoms with Crippen LogP contribution in [0, 0.1) is 6.92 Å². The van der Waals surface area contributed by atoms with E-state index >= 15 is 0 Å². The second-order valence-corrected chi connectivity index (χ2v) is 7.67. The maximum atomic E-state index is 12.8. The van der Waals surface area contributed by atoms with Gasteiger partial charge in [0.05, 0.1) is 11.6 Å². The van der Waals surface area contributed by atoms with Gasteiger partial charge in [0, 0.05) is 12.6 Å². The summed E-state index contributed by atoms with van der Waals surface area (Å²) in [5.74, 6) is 0.866. The number of hydrogen-bond acceptors (Lipinski definition) is 3. The molecule has 0 amide bonds. The topological polar surface area (TPSA) is 44.0 Å². The number of rotatable bonds is 7. The first-order valence-electron chi connectivity index (χ1n) is 9.09. The maximum Gasteiger partial charge on any atom is 0.331 e. The summed E-state index contributed by atoms with van der Waals surface area (Å²) in [5.41, 5.74) is 2.42. The molecule has 0 aliphatic rings. The maximum absolute atomic E-state index is 12.8. The van der Waals surface area contributed by atoms with Crippen LogP contribution in [-0.4, -0.2) is 14.9 Å². The van der Waals surface area contributed by atoms with E-state index in [1.807, 2.05) is 55.5 Å². The lowest BCUT2D eigenvalue weighted by Gasteiger charge is -2.14. The molecule has 0 saturated carbocycles. The second kappa shape index (κ2) is 8.91. The molecule has 0 saturated heterocycles. The zero-order chi connectivity index (χ0) is 19.2. The minimum absolute atomic E-state index is 0.201. The van der Waals surface area contributed by atoms with Gasteiger partial charge in [-0.2, -0.15) is 0 Å². The number of aryl methyl sites for hydroxylation is 1. The summed E-state index contributed by atoms with van der Waals surface area (Å²) in [6.07, 6.45) is 1.99. The largest absolute Gasteiger partial charge is 0.331 e. The Hall–Kier alpha value is -2.53. The fraction of sp³-hybridized carbons (Fsp3) is 0.273. The molecule has 0 radical (unpaired) electrons. The van der Waals surface area contributed by atoms with Gasteiger partial charge in [-0.25, -0.2) is 4.79 Å². The predicted octanol–water partition coefficient (Wildman–Crippen LogP) is 3.63. The second-order valence-electron chi connectivity index (χ2n) is 6.59. The molecule has 0 aliphatic heterocycles. The van der Waals surface area contributed by atoms with Crippen LogP contribution in [0.3, 0.4) is 0 Å². The van der Waals surface area contributed by atoms with Crippen molar-refractivity contribution in [1.29, 1.82) is 0 Å². The molecule has 0 unspecified atom stereocenters. The third kappa shape index (κ3) is 4.61. The van der Waals surface area contributed by atoms with Gasteiger partial charge in [0.15, 0.2) is 0 Å². The van der Waals surface area contributed by atoms with E-state index in [-0.39, 0.29) is 11.2 Å². The third-order valence-electron chi connectivity index (χ3n) is 4.58. The van der Waals surface area contributed by atoms with Gasteiger partial charge in [0.1, 0.15) is 0 Å². The van der Waals surface area contributed by atoms with Crippen molar-refractivity contribution in [2.24, 2.45) is 7.05 Å². The van der Waals surface area contributed by atoms with Crippen molar-refractivity contribution in [3.05, 3.63) is 98.2 Å². The van der Waals surface area contributed by atoms with E-state index in [0.29, 0.717) is 12.1 Å². The number of benzene rings is 2. The first-order chi connectivity index (χ1) is 13.1. The molecular formula is C22H24N2O2S. The van der Waals surface area contributed by atoms with Gasteiger partial charge in [0.2, 0.25) is 0 Å². The van der Waals surface area contributed by atoms with E-state index in [1.54, 1.807) is 23.4 Å². The SMILES string of the molecule is Cc1c(SCCCc2ccccc2)n(C)c(=O)n(Cc2ccccc2)c1=O. The molecule has 2 aromatic carbocycles. The highest BCUT2D eigenvalue weighted by molar-refractivity contribution is 7.99. The molecule has 0 bridgehead atoms. The van der Waals surface area contributed by atoms with Crippen LogP contribution in [0.15, 0.2) is 75.3 Å². The number of hydrogen-bond donors (Lipinski definition) is 0. The van der Waals surface area contributed by atoms with Crippen LogP contribution in [-0.2, 0) is 20.0 Å². The third-order valence-corrected chi connectivity index (χ3v) is 5.93. The summed E-state index contributed by atoms with van der Waals surface area (Å²) in [6, 6.07) is 19.9. The van der Waals surface area contributed by atoms with Gasteiger partial charge in [-0.15, -0.1) is 11.8 Å². The van der Waals surface area contributed by atoms with Crippen LogP contribution >= 0.6 is 11.8 Å². The minimum atomic E-state index is -0.264. The zero-order valence-corrected chi connectivity index (χ0v) is 16.5. The Morgan fingerprint density at radius 3 is 2.11 bits per heavy atom. The van der Waals surface area contributed by atoms with E-state index in [2.05, 4.69) is 12.1 Å². The number of nitrogens with zero attached hydrogens (tertiary/aromatic N) is 2. The lowest BCUT2D eigenvalue weighted by atomic mass is 10.1. The predicted molar refractivity (Wildman–Crippen MR) is 112 cm³/mol. The Bertz CT molecular complexity index is 971. The molecule has 0 spiro atoms. The first kappa shape index (κ1) is 19.2. The zero-order valence-electron chi connectivity index (χ0n) is 15.7. The standard InChI is InChI=1S/C22H24N2O2S/c1-17-20(25)24(16-19-12-7-4-8-13-19)22(26)23(2)21(17)27-15-9-14-18-10-5-3-6-11-18/h3-8,10-13H,9,14-16H2,1-2H3. The van der Waals surface area contributed by atoms with Crippen LogP contribution < -0.4 is 11.2 Å². The average molecular weight is 381 g/mol. The summed E-state index contributed by atoms with van der Waals surface area (Å²) in [7, 11) is 1.75. The van der Waals surface area contributed by atoms with E-state index in [0.717, 1.165) is 29.2 Å². The fourth-order valence-corrected chi connectivity index (χ4v) is 4.16. The molecule has 4 nitrogen and oxygen atoms in total. The van der Waals surface area contributed by atoms with Crippen molar-refractivity contribution < 1.29 is 0 Å². The molecular weight excluding hydrogens is 356 g/mol. The molecule has 0 atom stereocenters. The molecule has 3 rings (SSSR count). The molecule has 0 fully saturated rings. The minimum Gasteiger partial charge on any atom is -0.291 e. The van der Waals surface area contributed by atoms with Crippen LogP contribution in [0.1, 0.15) is 23.1 Å². The normalized spacial score (nSPS) is 10.9. The molecule has 0 aliphatic carbocycles. The molecule has 5 heteroatoms. The summed E-state index contributed by atoms with van der Waals surface area (Å²) >= 11 is 1.59. The Balaban J connectivity index is 1.75. The Morgan fingerprint density at radius 2 is 1.48 bits per heavy atom. The van der Waals surface area contributed by atoms with Crippen molar-refractivity contribution in [3.63, 3.8) is 0 Å². The highest BCUT2D eigenvalue weighted by Crippen LogP contribution is 2.20. The van der Waals surface area contributed by atoms with Gasteiger partial charge < -0.3 is 0 Å². The lowest BCUT2D eigenvalue weighted by molar-refractivity contribution is 0.592. The number of thioether (sulfide) groups is 1. The Morgan fingerprint density at radius 1 is 0.889 bits per heavy atom. The summed E-state index contributed by atoms with van der Waals surface area (Å²) in [4.78, 5) is 25.5. The van der Waals surface area contributed by atoms with Gasteiger partial charge in [-0.3, -0.25) is 13.9 Å². The van der Waals surface area contributed by atoms with E-state index in [4.69, 9.17) is 0 Å². The smallest absolute Gasteiger partial charge is 0.291 e. The van der Waals surface area contributed by atoms with Gasteiger partial charge in [0.25, 0.3) is 5.56 Å². The lowest BCUT2D eigenvalue weighted by Crippen LogP contribution is -2.41. The quantitative estimate of drug-likeness (QED) is 0.357. The van der Waals surface area contributed by atoms with E-state index < -0.39 is 0 Å². The summed E-state index contributed by atoms with van der Waals surface area (Å²) in [5, 5.41) is 0.766. The van der Waals surface area contributed by atoms with Crippen LogP contribution in [0.4, 0.5) is 0 Å². The molecule has 0 N–H and O–H groups in total. The van der Waals surface area contributed by atoms with Crippen molar-refractivity contribution >= 4 is 11.8 Å². The molecule has 140 valence electrons. The van der Waals surface area contributed by atoms with Crippen LogP contribution in [0.5, 0.6) is 0 Å². The van der Waals surface area contributed by atoms with Crippen molar-refractivity contribution in [3.8, 4) is 0 Å². The van der Waals surface area contributed by atoms with E-state index in [9.17, 15) is 9.59 Å². The Kier molecular flexibility index (Phi) is 6.35. The monoisotopic (exact) mass is 380 g/mol. The molecule has 1 heterocycles. The number of aromatic nitrogens is 2. The van der Waals surface area contributed by atoms with E-state index in [1.165, 1.54) is 10.1 Å². The average Bonchev–Trinajstić information content (AvgIpc) is 2.71. The van der Waals surface area contributed by atoms with Crippen molar-refractivity contribution in [2.75, 3.05) is 5.75 Å². The molecule has 1 aromatic heterocycles. The molecule has 3 aromatic rings. The summed E-state index contributed by atoms with van der Waals surface area (Å²) < 4.78 is 2.92. The van der Waals surface area contributed by atoms with Crippen LogP contribution in [0.25, 0.3) is 0 Å². The summed E-state index contributed by atoms with van der Waals surface area (Å²) in [6.45, 7) is 2.11.